The second kappa shape index (κ2) is 8.01. The third kappa shape index (κ3) is 5.10. The molecule has 0 fully saturated rings. The first-order chi connectivity index (χ1) is 12.2. The number of amides is 2. The first-order valence-corrected chi connectivity index (χ1v) is 7.72. The number of hydrogen-bond donors (Lipinski definition) is 2. The largest absolute Gasteiger partial charge is 0.489 e. The minimum atomic E-state index is -0.330. The van der Waals surface area contributed by atoms with Crippen LogP contribution in [-0.4, -0.2) is 6.03 Å². The fourth-order valence-corrected chi connectivity index (χ4v) is 2.21. The molecule has 0 unspecified atom stereocenters. The molecule has 2 amide bonds. The molecule has 1 heterocycles. The topological polar surface area (TPSA) is 63.5 Å². The van der Waals surface area contributed by atoms with Gasteiger partial charge in [0.1, 0.15) is 18.2 Å². The van der Waals surface area contributed by atoms with Crippen LogP contribution < -0.4 is 15.4 Å². The van der Waals surface area contributed by atoms with Gasteiger partial charge in [-0.1, -0.05) is 18.2 Å². The molecule has 3 rings (SSSR count). The maximum atomic E-state index is 13.2. The number of hydrogen-bond acceptors (Lipinski definition) is 3. The summed E-state index contributed by atoms with van der Waals surface area (Å²) >= 11 is 0. The lowest BCUT2D eigenvalue weighted by molar-refractivity contribution is 0.251. The number of furan rings is 1. The lowest BCUT2D eigenvalue weighted by Gasteiger charge is -2.10. The highest BCUT2D eigenvalue weighted by atomic mass is 19.1. The molecule has 1 aromatic heterocycles. The maximum absolute atomic E-state index is 13.2. The molecule has 0 aliphatic heterocycles. The molecule has 0 aliphatic rings. The molecule has 0 aliphatic carbocycles. The minimum absolute atomic E-state index is 0.244. The van der Waals surface area contributed by atoms with Gasteiger partial charge in [-0.2, -0.15) is 0 Å². The van der Waals surface area contributed by atoms with Crippen LogP contribution in [0.4, 0.5) is 14.9 Å². The van der Waals surface area contributed by atoms with Gasteiger partial charge >= 0.3 is 6.03 Å². The molecule has 0 radical (unpaired) electrons. The summed E-state index contributed by atoms with van der Waals surface area (Å²) < 4.78 is 23.7. The Morgan fingerprint density at radius 2 is 1.96 bits per heavy atom. The van der Waals surface area contributed by atoms with Crippen molar-refractivity contribution >= 4 is 11.7 Å². The maximum Gasteiger partial charge on any atom is 0.319 e. The SMILES string of the molecule is O=C(NCc1ccoc1)Nc1cccc(OCc2cccc(F)c2)c1. The van der Waals surface area contributed by atoms with Crippen molar-refractivity contribution in [1.82, 2.24) is 5.32 Å². The normalized spacial score (nSPS) is 10.3. The molecule has 3 aromatic rings. The van der Waals surface area contributed by atoms with Gasteiger partial charge in [0, 0.05) is 23.9 Å². The third-order valence-electron chi connectivity index (χ3n) is 3.42. The summed E-state index contributed by atoms with van der Waals surface area (Å²) in [5, 5.41) is 5.46. The highest BCUT2D eigenvalue weighted by Crippen LogP contribution is 2.19. The Morgan fingerprint density at radius 3 is 2.76 bits per heavy atom. The Kier molecular flexibility index (Phi) is 5.31. The minimum Gasteiger partial charge on any atom is -0.489 e. The van der Waals surface area contributed by atoms with Gasteiger partial charge in [0.05, 0.1) is 12.5 Å². The van der Waals surface area contributed by atoms with Crippen LogP contribution in [0.3, 0.4) is 0 Å². The zero-order chi connectivity index (χ0) is 17.5. The Hall–Kier alpha value is -3.28. The van der Waals surface area contributed by atoms with Gasteiger partial charge < -0.3 is 19.8 Å². The molecule has 0 saturated carbocycles. The van der Waals surface area contributed by atoms with Gasteiger partial charge in [-0.3, -0.25) is 0 Å². The van der Waals surface area contributed by atoms with E-state index >= 15 is 0 Å². The van der Waals surface area contributed by atoms with E-state index in [1.807, 2.05) is 0 Å². The predicted octanol–water partition coefficient (Wildman–Crippen LogP) is 4.32. The molecule has 0 spiro atoms. The zero-order valence-corrected chi connectivity index (χ0v) is 13.4. The third-order valence-corrected chi connectivity index (χ3v) is 3.42. The van der Waals surface area contributed by atoms with Crippen molar-refractivity contribution in [1.29, 1.82) is 0 Å². The van der Waals surface area contributed by atoms with E-state index in [0.717, 1.165) is 11.1 Å². The van der Waals surface area contributed by atoms with Crippen LogP contribution >= 0.6 is 0 Å². The van der Waals surface area contributed by atoms with E-state index in [1.54, 1.807) is 55.0 Å². The first-order valence-electron chi connectivity index (χ1n) is 7.72. The number of carbonyl (C=O) groups excluding carboxylic acids is 1. The van der Waals surface area contributed by atoms with Gasteiger partial charge in [0.15, 0.2) is 0 Å². The molecule has 5 nitrogen and oxygen atoms in total. The Labute approximate surface area is 144 Å². The summed E-state index contributed by atoms with van der Waals surface area (Å²) in [6, 6.07) is 14.7. The summed E-state index contributed by atoms with van der Waals surface area (Å²) in [6.07, 6.45) is 3.12. The van der Waals surface area contributed by atoms with Gasteiger partial charge in [-0.25, -0.2) is 9.18 Å². The molecule has 128 valence electrons. The van der Waals surface area contributed by atoms with Crippen LogP contribution in [0, 0.1) is 5.82 Å². The summed E-state index contributed by atoms with van der Waals surface area (Å²) in [5.41, 5.74) is 2.21. The van der Waals surface area contributed by atoms with Crippen molar-refractivity contribution in [3.05, 3.63) is 84.1 Å². The highest BCUT2D eigenvalue weighted by molar-refractivity contribution is 5.89. The fourth-order valence-electron chi connectivity index (χ4n) is 2.21. The molecular weight excluding hydrogens is 323 g/mol. The number of rotatable bonds is 6. The number of benzene rings is 2. The molecule has 6 heteroatoms. The van der Waals surface area contributed by atoms with Gasteiger partial charge in [0.25, 0.3) is 0 Å². The van der Waals surface area contributed by atoms with Gasteiger partial charge in [-0.15, -0.1) is 0 Å². The second-order valence-electron chi connectivity index (χ2n) is 5.39. The van der Waals surface area contributed by atoms with Crippen LogP contribution in [0.15, 0.2) is 71.5 Å². The number of halogens is 1. The Morgan fingerprint density at radius 1 is 1.08 bits per heavy atom. The van der Waals surface area contributed by atoms with Crippen LogP contribution in [-0.2, 0) is 13.2 Å². The smallest absolute Gasteiger partial charge is 0.319 e. The molecule has 0 atom stereocenters. The van der Waals surface area contributed by atoms with E-state index in [2.05, 4.69) is 10.6 Å². The molecule has 0 saturated heterocycles. The Bertz CT molecular complexity index is 834. The fraction of sp³-hybridized carbons (Fsp3) is 0.105. The number of ether oxygens (including phenoxy) is 1. The van der Waals surface area contributed by atoms with Gasteiger partial charge in [-0.05, 0) is 35.9 Å². The van der Waals surface area contributed by atoms with Crippen LogP contribution in [0.5, 0.6) is 5.75 Å². The highest BCUT2D eigenvalue weighted by Gasteiger charge is 2.04. The monoisotopic (exact) mass is 340 g/mol. The average molecular weight is 340 g/mol. The average Bonchev–Trinajstić information content (AvgIpc) is 3.12. The number of anilines is 1. The number of nitrogens with one attached hydrogen (secondary N) is 2. The van der Waals surface area contributed by atoms with E-state index in [4.69, 9.17) is 9.15 Å². The zero-order valence-electron chi connectivity index (χ0n) is 13.4. The summed E-state index contributed by atoms with van der Waals surface area (Å²) in [6.45, 7) is 0.617. The van der Waals surface area contributed by atoms with Crippen molar-refractivity contribution in [3.8, 4) is 5.75 Å². The van der Waals surface area contributed by atoms with Crippen molar-refractivity contribution in [2.24, 2.45) is 0 Å². The summed E-state index contributed by atoms with van der Waals surface area (Å²) in [7, 11) is 0. The predicted molar refractivity (Wildman–Crippen MR) is 91.7 cm³/mol. The summed E-state index contributed by atoms with van der Waals surface area (Å²) in [4.78, 5) is 11.9. The number of urea groups is 1. The summed E-state index contributed by atoms with van der Waals surface area (Å²) in [5.74, 6) is 0.280. The van der Waals surface area contributed by atoms with Crippen molar-refractivity contribution < 1.29 is 18.3 Å². The Balaban J connectivity index is 1.53. The van der Waals surface area contributed by atoms with Crippen molar-refractivity contribution in [3.63, 3.8) is 0 Å². The van der Waals surface area contributed by atoms with E-state index < -0.39 is 0 Å². The van der Waals surface area contributed by atoms with Crippen molar-refractivity contribution in [2.75, 3.05) is 5.32 Å². The van der Waals surface area contributed by atoms with E-state index in [0.29, 0.717) is 18.0 Å². The lowest BCUT2D eigenvalue weighted by Crippen LogP contribution is -2.27. The van der Waals surface area contributed by atoms with E-state index in [-0.39, 0.29) is 18.5 Å². The second-order valence-corrected chi connectivity index (χ2v) is 5.39. The number of carbonyl (C=O) groups is 1. The van der Waals surface area contributed by atoms with Crippen molar-refractivity contribution in [2.45, 2.75) is 13.2 Å². The molecule has 0 bridgehead atoms. The van der Waals surface area contributed by atoms with E-state index in [1.165, 1.54) is 12.1 Å². The van der Waals surface area contributed by atoms with Crippen LogP contribution in [0.1, 0.15) is 11.1 Å². The lowest BCUT2D eigenvalue weighted by atomic mass is 10.2. The van der Waals surface area contributed by atoms with Gasteiger partial charge in [0.2, 0.25) is 0 Å². The van der Waals surface area contributed by atoms with Crippen LogP contribution in [0.25, 0.3) is 0 Å². The standard InChI is InChI=1S/C19H17FN2O3/c20-16-4-1-3-14(9-16)13-25-18-6-2-5-17(10-18)22-19(23)21-11-15-7-8-24-12-15/h1-10,12H,11,13H2,(H2,21,22,23). The quantitative estimate of drug-likeness (QED) is 0.702. The molecule has 2 N–H and O–H groups in total. The molecule has 25 heavy (non-hydrogen) atoms. The molecular formula is C19H17FN2O3. The van der Waals surface area contributed by atoms with Crippen LogP contribution in [0.2, 0.25) is 0 Å². The van der Waals surface area contributed by atoms with E-state index in [9.17, 15) is 9.18 Å². The first kappa shape index (κ1) is 16.6. The molecule has 2 aromatic carbocycles.